The number of ether oxygens (including phenoxy) is 2. The highest BCUT2D eigenvalue weighted by atomic mass is 35.5. The molecule has 1 unspecified atom stereocenters. The maximum absolute atomic E-state index is 11.8. The highest BCUT2D eigenvalue weighted by Crippen LogP contribution is 2.19. The third kappa shape index (κ3) is 6.26. The minimum atomic E-state index is -0.578. The molecule has 0 fully saturated rings. The van der Waals surface area contributed by atoms with Crippen molar-refractivity contribution in [1.82, 2.24) is 0 Å². The standard InChI is InChI=1S/C12H18Cl2O4/c1-3-17-11(15)7-10(12(16)18-4-2)9(8-14)5-6-13/h7,9H,3-6,8H2,1-2H3. The Morgan fingerprint density at radius 3 is 2.22 bits per heavy atom. The number of alkyl halides is 2. The molecule has 0 rings (SSSR count). The van der Waals surface area contributed by atoms with E-state index in [-0.39, 0.29) is 30.6 Å². The van der Waals surface area contributed by atoms with Crippen molar-refractivity contribution in [3.8, 4) is 0 Å². The maximum atomic E-state index is 11.8. The van der Waals surface area contributed by atoms with Gasteiger partial charge in [-0.05, 0) is 20.3 Å². The molecular weight excluding hydrogens is 279 g/mol. The molecule has 1 atom stereocenters. The van der Waals surface area contributed by atoms with Gasteiger partial charge in [-0.1, -0.05) is 0 Å². The third-order valence-electron chi connectivity index (χ3n) is 2.15. The van der Waals surface area contributed by atoms with Crippen molar-refractivity contribution in [1.29, 1.82) is 0 Å². The zero-order chi connectivity index (χ0) is 14.0. The molecule has 0 bridgehead atoms. The maximum Gasteiger partial charge on any atom is 0.334 e. The average molecular weight is 297 g/mol. The normalized spacial score (nSPS) is 13.0. The quantitative estimate of drug-likeness (QED) is 0.392. The summed E-state index contributed by atoms with van der Waals surface area (Å²) in [6, 6.07) is 0. The van der Waals surface area contributed by atoms with Crippen LogP contribution < -0.4 is 0 Å². The van der Waals surface area contributed by atoms with Crippen LogP contribution in [0.15, 0.2) is 11.6 Å². The fourth-order valence-corrected chi connectivity index (χ4v) is 1.90. The van der Waals surface area contributed by atoms with Gasteiger partial charge in [0.25, 0.3) is 0 Å². The van der Waals surface area contributed by atoms with Gasteiger partial charge in [-0.25, -0.2) is 9.59 Å². The zero-order valence-electron chi connectivity index (χ0n) is 10.6. The van der Waals surface area contributed by atoms with Crippen LogP contribution in [0.25, 0.3) is 0 Å². The van der Waals surface area contributed by atoms with E-state index in [0.29, 0.717) is 12.3 Å². The van der Waals surface area contributed by atoms with Crippen molar-refractivity contribution in [3.05, 3.63) is 11.6 Å². The predicted octanol–water partition coefficient (Wildman–Crippen LogP) is 2.52. The Kier molecular flexibility index (Phi) is 9.79. The van der Waals surface area contributed by atoms with Gasteiger partial charge < -0.3 is 9.47 Å². The van der Waals surface area contributed by atoms with Gasteiger partial charge in [0.05, 0.1) is 13.2 Å². The fourth-order valence-electron chi connectivity index (χ4n) is 1.32. The highest BCUT2D eigenvalue weighted by Gasteiger charge is 2.22. The van der Waals surface area contributed by atoms with Gasteiger partial charge in [-0.3, -0.25) is 0 Å². The van der Waals surface area contributed by atoms with Crippen LogP contribution in [0.3, 0.4) is 0 Å². The summed E-state index contributed by atoms with van der Waals surface area (Å²) in [6.45, 7) is 3.85. The van der Waals surface area contributed by atoms with Crippen molar-refractivity contribution < 1.29 is 19.1 Å². The first-order valence-corrected chi connectivity index (χ1v) is 6.84. The summed E-state index contributed by atoms with van der Waals surface area (Å²) >= 11 is 11.4. The molecule has 104 valence electrons. The van der Waals surface area contributed by atoms with Crippen LogP contribution >= 0.6 is 23.2 Å². The number of carbonyl (C=O) groups is 2. The molecule has 0 amide bonds. The van der Waals surface area contributed by atoms with E-state index >= 15 is 0 Å². The van der Waals surface area contributed by atoms with E-state index in [9.17, 15) is 9.59 Å². The molecule has 0 saturated carbocycles. The molecule has 0 aliphatic rings. The molecule has 0 aliphatic carbocycles. The average Bonchev–Trinajstić information content (AvgIpc) is 2.34. The second-order valence-electron chi connectivity index (χ2n) is 3.40. The van der Waals surface area contributed by atoms with Crippen molar-refractivity contribution in [2.24, 2.45) is 5.92 Å². The second-order valence-corrected chi connectivity index (χ2v) is 4.09. The van der Waals surface area contributed by atoms with Crippen LogP contribution in [0.1, 0.15) is 20.3 Å². The van der Waals surface area contributed by atoms with E-state index in [1.807, 2.05) is 0 Å². The lowest BCUT2D eigenvalue weighted by atomic mass is 9.98. The lowest BCUT2D eigenvalue weighted by molar-refractivity contribution is -0.141. The minimum absolute atomic E-state index is 0.191. The largest absolute Gasteiger partial charge is 0.463 e. The lowest BCUT2D eigenvalue weighted by Gasteiger charge is -2.15. The summed E-state index contributed by atoms with van der Waals surface area (Å²) in [6.07, 6.45) is 1.64. The number of esters is 2. The second kappa shape index (κ2) is 10.2. The first-order chi connectivity index (χ1) is 8.60. The molecule has 0 aromatic carbocycles. The van der Waals surface area contributed by atoms with Crippen LogP contribution in [-0.4, -0.2) is 36.9 Å². The summed E-state index contributed by atoms with van der Waals surface area (Å²) in [5, 5.41) is 0. The number of carbonyl (C=O) groups excluding carboxylic acids is 2. The van der Waals surface area contributed by atoms with Crippen LogP contribution in [0.4, 0.5) is 0 Å². The molecule has 0 radical (unpaired) electrons. The molecule has 0 heterocycles. The van der Waals surface area contributed by atoms with Crippen LogP contribution in [0.2, 0.25) is 0 Å². The van der Waals surface area contributed by atoms with Gasteiger partial charge in [0.1, 0.15) is 0 Å². The summed E-state index contributed by atoms with van der Waals surface area (Å²) in [4.78, 5) is 23.2. The van der Waals surface area contributed by atoms with E-state index in [1.165, 1.54) is 0 Å². The minimum Gasteiger partial charge on any atom is -0.463 e. The molecule has 0 aromatic rings. The number of hydrogen-bond acceptors (Lipinski definition) is 4. The van der Waals surface area contributed by atoms with E-state index in [2.05, 4.69) is 0 Å². The highest BCUT2D eigenvalue weighted by molar-refractivity contribution is 6.19. The van der Waals surface area contributed by atoms with Crippen LogP contribution in [0.5, 0.6) is 0 Å². The topological polar surface area (TPSA) is 52.6 Å². The molecule has 0 N–H and O–H groups in total. The van der Waals surface area contributed by atoms with Gasteiger partial charge in [0.15, 0.2) is 0 Å². The Balaban J connectivity index is 5.01. The Morgan fingerprint density at radius 2 is 1.78 bits per heavy atom. The van der Waals surface area contributed by atoms with E-state index < -0.39 is 11.9 Å². The summed E-state index contributed by atoms with van der Waals surface area (Å²) < 4.78 is 9.67. The molecule has 18 heavy (non-hydrogen) atoms. The smallest absolute Gasteiger partial charge is 0.334 e. The summed E-state index contributed by atoms with van der Waals surface area (Å²) in [5.74, 6) is -0.910. The molecule has 6 heteroatoms. The molecule has 0 aromatic heterocycles. The molecule has 0 aliphatic heterocycles. The van der Waals surface area contributed by atoms with Crippen molar-refractivity contribution in [2.45, 2.75) is 20.3 Å². The van der Waals surface area contributed by atoms with E-state index in [0.717, 1.165) is 6.08 Å². The van der Waals surface area contributed by atoms with Gasteiger partial charge in [0, 0.05) is 29.3 Å². The van der Waals surface area contributed by atoms with Crippen LogP contribution in [0, 0.1) is 5.92 Å². The van der Waals surface area contributed by atoms with Crippen molar-refractivity contribution >= 4 is 35.1 Å². The van der Waals surface area contributed by atoms with Crippen LogP contribution in [-0.2, 0) is 19.1 Å². The number of halogens is 2. The van der Waals surface area contributed by atoms with Gasteiger partial charge in [-0.15, -0.1) is 23.2 Å². The predicted molar refractivity (Wildman–Crippen MR) is 70.9 cm³/mol. The van der Waals surface area contributed by atoms with Gasteiger partial charge >= 0.3 is 11.9 Å². The fraction of sp³-hybridized carbons (Fsp3) is 0.667. The first-order valence-electron chi connectivity index (χ1n) is 5.78. The Morgan fingerprint density at radius 1 is 1.17 bits per heavy atom. The van der Waals surface area contributed by atoms with Gasteiger partial charge in [0.2, 0.25) is 0 Å². The Bertz CT molecular complexity index is 302. The number of rotatable bonds is 8. The summed E-state index contributed by atoms with van der Waals surface area (Å²) in [5.41, 5.74) is 0.214. The third-order valence-corrected chi connectivity index (χ3v) is 2.75. The molecular formula is C12H18Cl2O4. The molecule has 0 saturated heterocycles. The number of hydrogen-bond donors (Lipinski definition) is 0. The lowest BCUT2D eigenvalue weighted by Crippen LogP contribution is -2.20. The monoisotopic (exact) mass is 296 g/mol. The van der Waals surface area contributed by atoms with Gasteiger partial charge in [-0.2, -0.15) is 0 Å². The molecule has 0 spiro atoms. The Hall–Kier alpha value is -0.740. The zero-order valence-corrected chi connectivity index (χ0v) is 12.1. The van der Waals surface area contributed by atoms with Crippen molar-refractivity contribution in [2.75, 3.05) is 25.0 Å². The van der Waals surface area contributed by atoms with E-state index in [1.54, 1.807) is 13.8 Å². The summed E-state index contributed by atoms with van der Waals surface area (Å²) in [7, 11) is 0. The van der Waals surface area contributed by atoms with Crippen molar-refractivity contribution in [3.63, 3.8) is 0 Å². The first kappa shape index (κ1) is 17.3. The molecule has 4 nitrogen and oxygen atoms in total. The SMILES string of the molecule is CCOC(=O)C=C(C(=O)OCC)C(CCl)CCCl. The van der Waals surface area contributed by atoms with E-state index in [4.69, 9.17) is 32.7 Å². The Labute approximate surface area is 117 Å².